The molecule has 0 unspecified atom stereocenters. The highest BCUT2D eigenvalue weighted by Crippen LogP contribution is 2.06. The molecule has 1 heterocycles. The predicted molar refractivity (Wildman–Crippen MR) is 46.7 cm³/mol. The van der Waals surface area contributed by atoms with Crippen molar-refractivity contribution in [2.75, 3.05) is 13.1 Å². The first kappa shape index (κ1) is 9.57. The van der Waals surface area contributed by atoms with Crippen LogP contribution in [0.1, 0.15) is 12.8 Å². The Bertz CT molecular complexity index is 227. The van der Waals surface area contributed by atoms with Crippen LogP contribution in [0, 0.1) is 0 Å². The first-order chi connectivity index (χ1) is 6.24. The summed E-state index contributed by atoms with van der Waals surface area (Å²) in [7, 11) is 0. The summed E-state index contributed by atoms with van der Waals surface area (Å²) >= 11 is 0. The molecule has 5 heteroatoms. The molecule has 71 valence electrons. The highest BCUT2D eigenvalue weighted by Gasteiger charge is 2.23. The molecule has 0 bridgehead atoms. The number of urea groups is 1. The zero-order valence-corrected chi connectivity index (χ0v) is 7.32. The minimum absolute atomic E-state index is 0.0891. The highest BCUT2D eigenvalue weighted by molar-refractivity contribution is 5.82. The topological polar surface area (TPSA) is 63.5 Å². The summed E-state index contributed by atoms with van der Waals surface area (Å²) in [6, 6.07) is -0.491. The van der Waals surface area contributed by atoms with Crippen LogP contribution in [0.2, 0.25) is 0 Å². The molecule has 0 aromatic rings. The Morgan fingerprint density at radius 1 is 1.77 bits per heavy atom. The maximum absolute atomic E-state index is 11.0. The van der Waals surface area contributed by atoms with Crippen LogP contribution in [0.5, 0.6) is 0 Å². The number of carbonyl (C=O) groups excluding carboxylic acids is 2. The molecule has 3 amide bonds. The molecule has 0 aromatic heterocycles. The number of nitrogens with zero attached hydrogens (tertiary/aromatic N) is 2. The number of nitrogens with one attached hydrogen (secondary N) is 1. The molecule has 0 atom stereocenters. The molecule has 0 saturated carbocycles. The quantitative estimate of drug-likeness (QED) is 0.625. The third-order valence-electron chi connectivity index (χ3n) is 1.66. The molecule has 0 spiro atoms. The molecule has 1 aliphatic rings. The lowest BCUT2D eigenvalue weighted by molar-refractivity contribution is -0.129. The maximum Gasteiger partial charge on any atom is 0.358 e. The van der Waals surface area contributed by atoms with Gasteiger partial charge in [-0.15, -0.1) is 12.0 Å². The summed E-state index contributed by atoms with van der Waals surface area (Å²) in [6.07, 6.45) is 2.81. The molecular formula is C8H12N3O2. The van der Waals surface area contributed by atoms with Crippen LogP contribution >= 0.6 is 0 Å². The van der Waals surface area contributed by atoms with Crippen LogP contribution < -0.4 is 10.7 Å². The fourth-order valence-electron chi connectivity index (χ4n) is 1.04. The van der Waals surface area contributed by atoms with Crippen LogP contribution in [0.15, 0.2) is 12.7 Å². The zero-order chi connectivity index (χ0) is 9.68. The van der Waals surface area contributed by atoms with Gasteiger partial charge in [0.2, 0.25) is 5.91 Å². The Labute approximate surface area is 76.8 Å². The van der Waals surface area contributed by atoms with E-state index in [1.54, 1.807) is 6.08 Å². The van der Waals surface area contributed by atoms with Gasteiger partial charge >= 0.3 is 6.03 Å². The van der Waals surface area contributed by atoms with Gasteiger partial charge in [-0.2, -0.15) is 0 Å². The number of rotatable bonds is 3. The molecule has 5 nitrogen and oxygen atoms in total. The van der Waals surface area contributed by atoms with Crippen molar-refractivity contribution in [3.63, 3.8) is 0 Å². The minimum Gasteiger partial charge on any atom is -0.332 e. The zero-order valence-electron chi connectivity index (χ0n) is 7.32. The molecule has 1 radical (unpaired) electrons. The van der Waals surface area contributed by atoms with Crippen LogP contribution in [0.4, 0.5) is 4.79 Å². The summed E-state index contributed by atoms with van der Waals surface area (Å²) in [5, 5.41) is 3.67. The van der Waals surface area contributed by atoms with Crippen molar-refractivity contribution in [3.05, 3.63) is 12.7 Å². The van der Waals surface area contributed by atoms with E-state index in [9.17, 15) is 9.59 Å². The smallest absolute Gasteiger partial charge is 0.332 e. The molecule has 13 heavy (non-hydrogen) atoms. The summed E-state index contributed by atoms with van der Waals surface area (Å²) in [5.41, 5.74) is 3.58. The first-order valence-electron chi connectivity index (χ1n) is 4.15. The molecule has 1 fully saturated rings. The van der Waals surface area contributed by atoms with E-state index < -0.39 is 6.03 Å². The van der Waals surface area contributed by atoms with Gasteiger partial charge in [-0.25, -0.2) is 9.80 Å². The van der Waals surface area contributed by atoms with E-state index >= 15 is 0 Å². The Balaban J connectivity index is 2.26. The maximum atomic E-state index is 11.0. The van der Waals surface area contributed by atoms with Crippen molar-refractivity contribution in [2.24, 2.45) is 0 Å². The molecule has 1 aliphatic heterocycles. The van der Waals surface area contributed by atoms with Crippen LogP contribution in [0.25, 0.3) is 0 Å². The van der Waals surface area contributed by atoms with Crippen LogP contribution in [-0.2, 0) is 4.79 Å². The molecule has 0 aromatic carbocycles. The van der Waals surface area contributed by atoms with Gasteiger partial charge in [-0.3, -0.25) is 4.79 Å². The minimum atomic E-state index is -0.491. The van der Waals surface area contributed by atoms with E-state index in [2.05, 4.69) is 17.3 Å². The fraction of sp³-hybridized carbons (Fsp3) is 0.500. The standard InChI is InChI=1S/C8H12N3O2/c1-2-5-9-8(13)10-11-6-3-4-7(11)12/h2H,1,3-6H2,(H,9,13). The Hall–Kier alpha value is -1.52. The van der Waals surface area contributed by atoms with Gasteiger partial charge in [-0.1, -0.05) is 6.08 Å². The molecule has 1 rings (SSSR count). The van der Waals surface area contributed by atoms with E-state index in [1.165, 1.54) is 5.01 Å². The van der Waals surface area contributed by atoms with E-state index in [1.807, 2.05) is 0 Å². The molecule has 1 saturated heterocycles. The van der Waals surface area contributed by atoms with E-state index in [-0.39, 0.29) is 5.91 Å². The summed E-state index contributed by atoms with van der Waals surface area (Å²) in [4.78, 5) is 22.0. The van der Waals surface area contributed by atoms with Crippen molar-refractivity contribution in [3.8, 4) is 0 Å². The van der Waals surface area contributed by atoms with Crippen LogP contribution in [-0.4, -0.2) is 30.0 Å². The second-order valence-corrected chi connectivity index (χ2v) is 2.70. The lowest BCUT2D eigenvalue weighted by Gasteiger charge is -2.12. The fourth-order valence-corrected chi connectivity index (χ4v) is 1.04. The van der Waals surface area contributed by atoms with Gasteiger partial charge in [0.1, 0.15) is 0 Å². The van der Waals surface area contributed by atoms with E-state index in [0.717, 1.165) is 6.42 Å². The van der Waals surface area contributed by atoms with Crippen molar-refractivity contribution < 1.29 is 9.59 Å². The van der Waals surface area contributed by atoms with Gasteiger partial charge in [-0.05, 0) is 6.42 Å². The Morgan fingerprint density at radius 2 is 2.54 bits per heavy atom. The van der Waals surface area contributed by atoms with Gasteiger partial charge in [0.15, 0.2) is 0 Å². The molecule has 0 aliphatic carbocycles. The largest absolute Gasteiger partial charge is 0.358 e. The van der Waals surface area contributed by atoms with E-state index in [4.69, 9.17) is 0 Å². The van der Waals surface area contributed by atoms with Crippen molar-refractivity contribution >= 4 is 11.9 Å². The van der Waals surface area contributed by atoms with Crippen molar-refractivity contribution in [1.82, 2.24) is 15.8 Å². The lowest BCUT2D eigenvalue weighted by atomic mass is 10.4. The third kappa shape index (κ3) is 2.77. The van der Waals surface area contributed by atoms with Gasteiger partial charge in [0.25, 0.3) is 0 Å². The number of hydrogen-bond donors (Lipinski definition) is 1. The Morgan fingerprint density at radius 3 is 3.08 bits per heavy atom. The first-order valence-corrected chi connectivity index (χ1v) is 4.15. The number of hydrogen-bond acceptors (Lipinski definition) is 2. The van der Waals surface area contributed by atoms with Crippen molar-refractivity contribution in [2.45, 2.75) is 12.8 Å². The van der Waals surface area contributed by atoms with Gasteiger partial charge in [0.05, 0.1) is 0 Å². The Kier molecular flexibility index (Phi) is 3.31. The van der Waals surface area contributed by atoms with Crippen LogP contribution in [0.3, 0.4) is 0 Å². The van der Waals surface area contributed by atoms with E-state index in [0.29, 0.717) is 19.5 Å². The number of carbonyl (C=O) groups is 2. The van der Waals surface area contributed by atoms with Crippen molar-refractivity contribution in [1.29, 1.82) is 0 Å². The summed E-state index contributed by atoms with van der Waals surface area (Å²) in [6.45, 7) is 4.35. The second kappa shape index (κ2) is 4.49. The number of amides is 3. The summed E-state index contributed by atoms with van der Waals surface area (Å²) < 4.78 is 0. The predicted octanol–water partition coefficient (Wildman–Crippen LogP) is 0.0238. The SMILES string of the molecule is C=CCNC(=O)[N]N1CCCC1=O. The third-order valence-corrected chi connectivity index (χ3v) is 1.66. The normalized spacial score (nSPS) is 15.7. The van der Waals surface area contributed by atoms with Gasteiger partial charge in [0, 0.05) is 19.5 Å². The lowest BCUT2D eigenvalue weighted by Crippen LogP contribution is -2.42. The monoisotopic (exact) mass is 182 g/mol. The average molecular weight is 182 g/mol. The summed E-state index contributed by atoms with van der Waals surface area (Å²) in [5.74, 6) is -0.0891. The average Bonchev–Trinajstić information content (AvgIpc) is 2.48. The van der Waals surface area contributed by atoms with Gasteiger partial charge < -0.3 is 5.32 Å². The molecule has 1 N–H and O–H groups in total. The molecular weight excluding hydrogens is 170 g/mol. The highest BCUT2D eigenvalue weighted by atomic mass is 16.2. The second-order valence-electron chi connectivity index (χ2n) is 2.70.